The maximum absolute atomic E-state index is 12.5. The van der Waals surface area contributed by atoms with Crippen LogP contribution in [0.15, 0.2) is 34.8 Å². The van der Waals surface area contributed by atoms with E-state index in [0.29, 0.717) is 19.8 Å². The fourth-order valence-electron chi connectivity index (χ4n) is 3.85. The van der Waals surface area contributed by atoms with Crippen molar-refractivity contribution in [3.05, 3.63) is 51.5 Å². The highest BCUT2D eigenvalue weighted by Crippen LogP contribution is 2.36. The number of aryl methyl sites for hydroxylation is 1. The summed E-state index contributed by atoms with van der Waals surface area (Å²) >= 11 is 3.66. The van der Waals surface area contributed by atoms with Crippen molar-refractivity contribution in [1.82, 2.24) is 9.80 Å². The normalized spacial score (nSPS) is 17.0. The van der Waals surface area contributed by atoms with Crippen LogP contribution in [-0.2, 0) is 11.3 Å². The number of fused-ring (bicyclic) bond motifs is 1. The summed E-state index contributed by atoms with van der Waals surface area (Å²) in [6, 6.07) is 10.1. The molecule has 1 fully saturated rings. The Morgan fingerprint density at radius 3 is 2.43 bits per heavy atom. The third-order valence-electron chi connectivity index (χ3n) is 5.82. The van der Waals surface area contributed by atoms with Crippen LogP contribution in [0.3, 0.4) is 0 Å². The van der Waals surface area contributed by atoms with Gasteiger partial charge in [0, 0.05) is 42.9 Å². The Kier molecular flexibility index (Phi) is 6.61. The highest BCUT2D eigenvalue weighted by Gasteiger charge is 2.21. The maximum atomic E-state index is 12.5. The molecular weight excluding hydrogens is 446 g/mol. The van der Waals surface area contributed by atoms with E-state index >= 15 is 0 Å². The summed E-state index contributed by atoms with van der Waals surface area (Å²) in [4.78, 5) is 17.1. The van der Waals surface area contributed by atoms with E-state index in [0.717, 1.165) is 59.9 Å². The van der Waals surface area contributed by atoms with Crippen LogP contribution in [0.1, 0.15) is 16.7 Å². The van der Waals surface area contributed by atoms with Crippen molar-refractivity contribution in [2.24, 2.45) is 0 Å². The van der Waals surface area contributed by atoms with Gasteiger partial charge in [-0.2, -0.15) is 0 Å². The van der Waals surface area contributed by atoms with E-state index in [4.69, 9.17) is 9.47 Å². The second kappa shape index (κ2) is 9.37. The molecule has 2 aromatic carbocycles. The fraction of sp³-hybridized carbons (Fsp3) is 0.435. The highest BCUT2D eigenvalue weighted by molar-refractivity contribution is 9.10. The molecule has 2 aliphatic rings. The van der Waals surface area contributed by atoms with Crippen molar-refractivity contribution < 1.29 is 14.3 Å². The lowest BCUT2D eigenvalue weighted by atomic mass is 10.1. The van der Waals surface area contributed by atoms with Crippen LogP contribution in [0, 0.1) is 13.8 Å². The zero-order valence-electron chi connectivity index (χ0n) is 17.5. The standard InChI is InChI=1S/C23H28BrN3O3/c1-16-4-3-5-20(17(16)2)25-23(28)15-27-8-6-26(7-9-27)14-18-12-21-22(13-19(18)24)30-11-10-29-21/h3-5,12-13H,6-11,14-15H2,1-2H3,(H,25,28). The first-order valence-electron chi connectivity index (χ1n) is 10.4. The van der Waals surface area contributed by atoms with Crippen molar-refractivity contribution >= 4 is 27.5 Å². The summed E-state index contributed by atoms with van der Waals surface area (Å²) in [5, 5.41) is 3.06. The topological polar surface area (TPSA) is 54.0 Å². The number of nitrogens with zero attached hydrogens (tertiary/aromatic N) is 2. The van der Waals surface area contributed by atoms with Gasteiger partial charge >= 0.3 is 0 Å². The SMILES string of the molecule is Cc1cccc(NC(=O)CN2CCN(Cc3cc4c(cc3Br)OCCO4)CC2)c1C. The van der Waals surface area contributed by atoms with Crippen LogP contribution in [0.5, 0.6) is 11.5 Å². The molecule has 0 aromatic heterocycles. The van der Waals surface area contributed by atoms with Gasteiger partial charge in [-0.3, -0.25) is 14.6 Å². The molecule has 2 aliphatic heterocycles. The predicted octanol–water partition coefficient (Wildman–Crippen LogP) is 3.59. The van der Waals surface area contributed by atoms with Crippen LogP contribution < -0.4 is 14.8 Å². The number of piperazine rings is 1. The number of anilines is 1. The molecule has 6 nitrogen and oxygen atoms in total. The molecule has 0 aliphatic carbocycles. The monoisotopic (exact) mass is 473 g/mol. The van der Waals surface area contributed by atoms with Crippen molar-refractivity contribution in [2.45, 2.75) is 20.4 Å². The minimum absolute atomic E-state index is 0.0479. The van der Waals surface area contributed by atoms with E-state index in [9.17, 15) is 4.79 Å². The van der Waals surface area contributed by atoms with Crippen LogP contribution >= 0.6 is 15.9 Å². The number of hydrogen-bond donors (Lipinski definition) is 1. The third kappa shape index (κ3) is 4.96. The number of nitrogens with one attached hydrogen (secondary N) is 1. The molecule has 30 heavy (non-hydrogen) atoms. The van der Waals surface area contributed by atoms with Gasteiger partial charge in [0.15, 0.2) is 11.5 Å². The van der Waals surface area contributed by atoms with E-state index in [-0.39, 0.29) is 5.91 Å². The summed E-state index contributed by atoms with van der Waals surface area (Å²) < 4.78 is 12.4. The Balaban J connectivity index is 1.28. The number of hydrogen-bond acceptors (Lipinski definition) is 5. The minimum atomic E-state index is 0.0479. The van der Waals surface area contributed by atoms with Gasteiger partial charge in [0.25, 0.3) is 0 Å². The smallest absolute Gasteiger partial charge is 0.238 e. The minimum Gasteiger partial charge on any atom is -0.486 e. The largest absolute Gasteiger partial charge is 0.486 e. The molecule has 0 bridgehead atoms. The Bertz CT molecular complexity index is 926. The number of rotatable bonds is 5. The first kappa shape index (κ1) is 21.2. The molecule has 1 amide bonds. The van der Waals surface area contributed by atoms with Gasteiger partial charge in [0.2, 0.25) is 5.91 Å². The Hall–Kier alpha value is -2.09. The number of ether oxygens (including phenoxy) is 2. The summed E-state index contributed by atoms with van der Waals surface area (Å²) in [5.41, 5.74) is 4.41. The third-order valence-corrected chi connectivity index (χ3v) is 6.55. The molecular formula is C23H28BrN3O3. The zero-order valence-corrected chi connectivity index (χ0v) is 19.1. The van der Waals surface area contributed by atoms with Gasteiger partial charge in [0.05, 0.1) is 6.54 Å². The van der Waals surface area contributed by atoms with E-state index in [1.807, 2.05) is 25.1 Å². The second-order valence-electron chi connectivity index (χ2n) is 7.94. The molecule has 0 radical (unpaired) electrons. The van der Waals surface area contributed by atoms with Gasteiger partial charge in [-0.15, -0.1) is 0 Å². The van der Waals surface area contributed by atoms with E-state index < -0.39 is 0 Å². The first-order valence-corrected chi connectivity index (χ1v) is 11.2. The number of benzene rings is 2. The van der Waals surface area contributed by atoms with Gasteiger partial charge < -0.3 is 14.8 Å². The lowest BCUT2D eigenvalue weighted by molar-refractivity contribution is -0.117. The highest BCUT2D eigenvalue weighted by atomic mass is 79.9. The van der Waals surface area contributed by atoms with Crippen LogP contribution in [0.4, 0.5) is 5.69 Å². The number of amides is 1. The summed E-state index contributed by atoms with van der Waals surface area (Å²) in [5.74, 6) is 1.67. The molecule has 4 rings (SSSR count). The van der Waals surface area contributed by atoms with E-state index in [2.05, 4.69) is 50.1 Å². The lowest BCUT2D eigenvalue weighted by Gasteiger charge is -2.34. The van der Waals surface area contributed by atoms with E-state index in [1.165, 1.54) is 11.1 Å². The van der Waals surface area contributed by atoms with Gasteiger partial charge in [-0.1, -0.05) is 28.1 Å². The molecule has 7 heteroatoms. The van der Waals surface area contributed by atoms with Crippen molar-refractivity contribution in [2.75, 3.05) is 51.3 Å². The second-order valence-corrected chi connectivity index (χ2v) is 8.79. The van der Waals surface area contributed by atoms with Crippen molar-refractivity contribution in [3.63, 3.8) is 0 Å². The van der Waals surface area contributed by atoms with Crippen molar-refractivity contribution in [1.29, 1.82) is 0 Å². The molecule has 1 saturated heterocycles. The van der Waals surface area contributed by atoms with E-state index in [1.54, 1.807) is 0 Å². The van der Waals surface area contributed by atoms with Crippen molar-refractivity contribution in [3.8, 4) is 11.5 Å². The van der Waals surface area contributed by atoms with Crippen LogP contribution in [-0.4, -0.2) is 61.6 Å². The average molecular weight is 474 g/mol. The molecule has 0 atom stereocenters. The predicted molar refractivity (Wildman–Crippen MR) is 121 cm³/mol. The van der Waals surface area contributed by atoms with Gasteiger partial charge in [-0.25, -0.2) is 0 Å². The van der Waals surface area contributed by atoms with Crippen LogP contribution in [0.2, 0.25) is 0 Å². The average Bonchev–Trinajstić information content (AvgIpc) is 2.73. The molecule has 0 saturated carbocycles. The molecule has 160 valence electrons. The Labute approximate surface area is 186 Å². The van der Waals surface area contributed by atoms with Gasteiger partial charge in [0.1, 0.15) is 13.2 Å². The molecule has 2 heterocycles. The lowest BCUT2D eigenvalue weighted by Crippen LogP contribution is -2.48. The maximum Gasteiger partial charge on any atom is 0.238 e. The summed E-state index contributed by atoms with van der Waals surface area (Å²) in [6.45, 7) is 10.2. The molecule has 0 unspecified atom stereocenters. The summed E-state index contributed by atoms with van der Waals surface area (Å²) in [7, 11) is 0. The first-order chi connectivity index (χ1) is 14.5. The molecule has 2 aromatic rings. The van der Waals surface area contributed by atoms with Gasteiger partial charge in [-0.05, 0) is 48.7 Å². The number of halogens is 1. The fourth-order valence-corrected chi connectivity index (χ4v) is 4.30. The number of carbonyl (C=O) groups excluding carboxylic acids is 1. The zero-order chi connectivity index (χ0) is 21.1. The Morgan fingerprint density at radius 1 is 1.03 bits per heavy atom. The summed E-state index contributed by atoms with van der Waals surface area (Å²) in [6.07, 6.45) is 0. The Morgan fingerprint density at radius 2 is 1.70 bits per heavy atom. The molecule has 0 spiro atoms. The molecule has 1 N–H and O–H groups in total. The number of carbonyl (C=O) groups is 1. The van der Waals surface area contributed by atoms with Crippen LogP contribution in [0.25, 0.3) is 0 Å². The quantitative estimate of drug-likeness (QED) is 0.718.